The third-order valence-electron chi connectivity index (χ3n) is 3.60. The van der Waals surface area contributed by atoms with Crippen molar-refractivity contribution < 1.29 is 19.1 Å². The molecule has 2 rings (SSSR count). The largest absolute Gasteiger partial charge is 0.487 e. The summed E-state index contributed by atoms with van der Waals surface area (Å²) in [5.41, 5.74) is 0.537. The fraction of sp³-hybridized carbons (Fsp3) is 0.471. The summed E-state index contributed by atoms with van der Waals surface area (Å²) in [4.78, 5) is 11.4. The van der Waals surface area contributed by atoms with E-state index in [-0.39, 0.29) is 12.4 Å². The summed E-state index contributed by atoms with van der Waals surface area (Å²) < 4.78 is 11.2. The number of aliphatic hydroxyl groups is 1. The highest BCUT2D eigenvalue weighted by atomic mass is 16.5. The van der Waals surface area contributed by atoms with E-state index >= 15 is 0 Å². The summed E-state index contributed by atoms with van der Waals surface area (Å²) in [6, 6.07) is 7.52. The van der Waals surface area contributed by atoms with Crippen molar-refractivity contribution in [1.29, 1.82) is 0 Å². The lowest BCUT2D eigenvalue weighted by Gasteiger charge is -2.16. The highest BCUT2D eigenvalue weighted by Gasteiger charge is 2.13. The first kappa shape index (κ1) is 16.5. The van der Waals surface area contributed by atoms with Crippen LogP contribution in [0.5, 0.6) is 5.75 Å². The average Bonchev–Trinajstić information content (AvgIpc) is 2.95. The average molecular weight is 305 g/mol. The lowest BCUT2D eigenvalue weighted by Crippen LogP contribution is -2.36. The first-order valence-corrected chi connectivity index (χ1v) is 7.59. The Labute approximate surface area is 130 Å². The lowest BCUT2D eigenvalue weighted by molar-refractivity contribution is 0.0984. The van der Waals surface area contributed by atoms with Gasteiger partial charge in [-0.25, -0.2) is 0 Å². The van der Waals surface area contributed by atoms with Gasteiger partial charge in [-0.15, -0.1) is 0 Å². The van der Waals surface area contributed by atoms with Gasteiger partial charge in [0.2, 0.25) is 0 Å². The number of carbonyl (C=O) groups is 1. The van der Waals surface area contributed by atoms with Crippen molar-refractivity contribution in [2.24, 2.45) is 0 Å². The molecule has 0 amide bonds. The van der Waals surface area contributed by atoms with Crippen molar-refractivity contribution in [2.45, 2.75) is 39.3 Å². The van der Waals surface area contributed by atoms with Gasteiger partial charge >= 0.3 is 0 Å². The molecule has 0 radical (unpaired) electrons. The zero-order valence-corrected chi connectivity index (χ0v) is 13.3. The number of carbonyl (C=O) groups excluding carboxylic acids is 1. The van der Waals surface area contributed by atoms with E-state index in [2.05, 4.69) is 19.2 Å². The second-order valence-corrected chi connectivity index (χ2v) is 5.52. The van der Waals surface area contributed by atoms with Crippen LogP contribution in [0.15, 0.2) is 28.7 Å². The molecule has 22 heavy (non-hydrogen) atoms. The predicted octanol–water partition coefficient (Wildman–Crippen LogP) is 2.76. The van der Waals surface area contributed by atoms with E-state index in [0.717, 1.165) is 11.8 Å². The van der Waals surface area contributed by atoms with Gasteiger partial charge in [-0.2, -0.15) is 0 Å². The van der Waals surface area contributed by atoms with Crippen molar-refractivity contribution in [3.8, 4) is 5.75 Å². The quantitative estimate of drug-likeness (QED) is 0.734. The molecule has 5 nitrogen and oxygen atoms in total. The van der Waals surface area contributed by atoms with Crippen LogP contribution in [-0.2, 0) is 0 Å². The maximum absolute atomic E-state index is 11.4. The number of nitrogens with one attached hydrogen (secondary N) is 1. The summed E-state index contributed by atoms with van der Waals surface area (Å²) in [5, 5.41) is 14.0. The van der Waals surface area contributed by atoms with Crippen molar-refractivity contribution in [3.05, 3.63) is 30.0 Å². The Balaban J connectivity index is 2.00. The van der Waals surface area contributed by atoms with Gasteiger partial charge < -0.3 is 19.6 Å². The molecule has 0 aliphatic heterocycles. The SMILES string of the molecule is CCC(C)NCC(O)COc1cccc2cc(C(C)=O)oc12. The number of Topliss-reactive ketones (excluding diaryl/α,β-unsaturated/α-hetero) is 1. The number of benzene rings is 1. The normalized spacial score (nSPS) is 14.0. The highest BCUT2D eigenvalue weighted by Crippen LogP contribution is 2.29. The van der Waals surface area contributed by atoms with Crippen LogP contribution in [0.25, 0.3) is 11.0 Å². The smallest absolute Gasteiger partial charge is 0.194 e. The molecule has 120 valence electrons. The van der Waals surface area contributed by atoms with E-state index in [1.807, 2.05) is 12.1 Å². The molecule has 0 fully saturated rings. The van der Waals surface area contributed by atoms with Crippen LogP contribution in [0.1, 0.15) is 37.7 Å². The summed E-state index contributed by atoms with van der Waals surface area (Å²) in [6.07, 6.45) is 0.402. The molecule has 0 saturated heterocycles. The van der Waals surface area contributed by atoms with Crippen LogP contribution in [0.3, 0.4) is 0 Å². The zero-order chi connectivity index (χ0) is 16.1. The minimum absolute atomic E-state index is 0.125. The van der Waals surface area contributed by atoms with E-state index in [0.29, 0.717) is 29.7 Å². The molecule has 0 spiro atoms. The minimum atomic E-state index is -0.605. The van der Waals surface area contributed by atoms with Crippen molar-refractivity contribution in [3.63, 3.8) is 0 Å². The first-order valence-electron chi connectivity index (χ1n) is 7.59. The Bertz CT molecular complexity index is 635. The summed E-state index contributed by atoms with van der Waals surface area (Å²) in [5.74, 6) is 0.720. The number of hydrogen-bond donors (Lipinski definition) is 2. The Morgan fingerprint density at radius 2 is 2.23 bits per heavy atom. The standard InChI is InChI=1S/C17H23NO4/c1-4-11(2)18-9-14(20)10-21-15-7-5-6-13-8-16(12(3)19)22-17(13)15/h5-8,11,14,18,20H,4,9-10H2,1-3H3. The van der Waals surface area contributed by atoms with Crippen molar-refractivity contribution >= 4 is 16.8 Å². The zero-order valence-electron chi connectivity index (χ0n) is 13.3. The van der Waals surface area contributed by atoms with Crippen LogP contribution in [0, 0.1) is 0 Å². The molecule has 0 aliphatic rings. The first-order chi connectivity index (χ1) is 10.5. The monoisotopic (exact) mass is 305 g/mol. The van der Waals surface area contributed by atoms with Gasteiger partial charge in [-0.3, -0.25) is 4.79 Å². The van der Waals surface area contributed by atoms with Gasteiger partial charge in [0, 0.05) is 24.9 Å². The maximum atomic E-state index is 11.4. The van der Waals surface area contributed by atoms with Crippen molar-refractivity contribution in [2.75, 3.05) is 13.2 Å². The van der Waals surface area contributed by atoms with E-state index < -0.39 is 6.10 Å². The fourth-order valence-electron chi connectivity index (χ4n) is 2.05. The number of ether oxygens (including phenoxy) is 1. The number of fused-ring (bicyclic) bond motifs is 1. The molecule has 2 aromatic rings. The molecule has 0 saturated carbocycles. The van der Waals surface area contributed by atoms with Crippen molar-refractivity contribution in [1.82, 2.24) is 5.32 Å². The molecule has 1 heterocycles. The van der Waals surface area contributed by atoms with Gasteiger partial charge in [0.05, 0.1) is 0 Å². The summed E-state index contributed by atoms with van der Waals surface area (Å²) in [7, 11) is 0. The molecular formula is C17H23NO4. The highest BCUT2D eigenvalue weighted by molar-refractivity contribution is 5.97. The van der Waals surface area contributed by atoms with Gasteiger partial charge in [-0.05, 0) is 25.5 Å². The third-order valence-corrected chi connectivity index (χ3v) is 3.60. The number of hydrogen-bond acceptors (Lipinski definition) is 5. The Morgan fingerprint density at radius 3 is 2.91 bits per heavy atom. The molecule has 2 unspecified atom stereocenters. The van der Waals surface area contributed by atoms with E-state index in [1.54, 1.807) is 12.1 Å². The molecule has 2 N–H and O–H groups in total. The molecular weight excluding hydrogens is 282 g/mol. The number of para-hydroxylation sites is 1. The van der Waals surface area contributed by atoms with E-state index in [9.17, 15) is 9.90 Å². The minimum Gasteiger partial charge on any atom is -0.487 e. The van der Waals surface area contributed by atoms with Gasteiger partial charge in [-0.1, -0.05) is 19.1 Å². The Kier molecular flexibility index (Phi) is 5.57. The third kappa shape index (κ3) is 4.08. The number of furan rings is 1. The number of rotatable bonds is 8. The molecule has 5 heteroatoms. The van der Waals surface area contributed by atoms with Crippen LogP contribution in [0.2, 0.25) is 0 Å². The Hall–Kier alpha value is -1.85. The van der Waals surface area contributed by atoms with Gasteiger partial charge in [0.1, 0.15) is 12.7 Å². The number of aliphatic hydroxyl groups excluding tert-OH is 1. The van der Waals surface area contributed by atoms with Crippen LogP contribution in [-0.4, -0.2) is 36.2 Å². The van der Waals surface area contributed by atoms with Gasteiger partial charge in [0.15, 0.2) is 22.9 Å². The summed E-state index contributed by atoms with van der Waals surface area (Å²) in [6.45, 7) is 6.26. The second-order valence-electron chi connectivity index (χ2n) is 5.52. The van der Waals surface area contributed by atoms with E-state index in [1.165, 1.54) is 6.92 Å². The van der Waals surface area contributed by atoms with Gasteiger partial charge in [0.25, 0.3) is 0 Å². The summed E-state index contributed by atoms with van der Waals surface area (Å²) >= 11 is 0. The van der Waals surface area contributed by atoms with Crippen LogP contribution in [0.4, 0.5) is 0 Å². The van der Waals surface area contributed by atoms with Crippen LogP contribution >= 0.6 is 0 Å². The molecule has 0 aliphatic carbocycles. The predicted molar refractivity (Wildman–Crippen MR) is 85.5 cm³/mol. The topological polar surface area (TPSA) is 71.7 Å². The molecule has 2 atom stereocenters. The fourth-order valence-corrected chi connectivity index (χ4v) is 2.05. The Morgan fingerprint density at radius 1 is 1.45 bits per heavy atom. The van der Waals surface area contributed by atoms with E-state index in [4.69, 9.17) is 9.15 Å². The molecule has 1 aromatic heterocycles. The lowest BCUT2D eigenvalue weighted by atomic mass is 10.2. The maximum Gasteiger partial charge on any atom is 0.194 e. The molecule has 1 aromatic carbocycles. The molecule has 0 bridgehead atoms. The van der Waals surface area contributed by atoms with Crippen LogP contribution < -0.4 is 10.1 Å². The number of ketones is 1. The second kappa shape index (κ2) is 7.42.